The molecule has 0 N–H and O–H groups in total. The Morgan fingerprint density at radius 2 is 1.75 bits per heavy atom. The van der Waals surface area contributed by atoms with Gasteiger partial charge in [0.25, 0.3) is 5.91 Å². The van der Waals surface area contributed by atoms with Crippen molar-refractivity contribution in [1.29, 1.82) is 0 Å². The summed E-state index contributed by atoms with van der Waals surface area (Å²) in [5, 5.41) is 0. The highest BCUT2D eigenvalue weighted by Crippen LogP contribution is 2.24. The van der Waals surface area contributed by atoms with Crippen LogP contribution in [0, 0.1) is 0 Å². The van der Waals surface area contributed by atoms with E-state index in [2.05, 4.69) is 4.74 Å². The Kier molecular flexibility index (Phi) is 4.46. The molecule has 0 fully saturated rings. The first kappa shape index (κ1) is 16.4. The molecule has 0 bridgehead atoms. The zero-order valence-electron chi connectivity index (χ0n) is 12.8. The van der Waals surface area contributed by atoms with Crippen LogP contribution >= 0.6 is 0 Å². The number of alkyl halides is 3. The van der Waals surface area contributed by atoms with Gasteiger partial charge in [-0.25, -0.2) is 0 Å². The molecule has 0 aliphatic carbocycles. The first-order chi connectivity index (χ1) is 11.4. The van der Waals surface area contributed by atoms with Gasteiger partial charge in [0, 0.05) is 18.7 Å². The lowest BCUT2D eigenvalue weighted by atomic mass is 10.1. The van der Waals surface area contributed by atoms with Crippen LogP contribution in [0.15, 0.2) is 48.5 Å². The first-order valence-corrected chi connectivity index (χ1v) is 7.64. The number of ether oxygens (including phenoxy) is 1. The van der Waals surface area contributed by atoms with E-state index in [1.807, 2.05) is 24.3 Å². The lowest BCUT2D eigenvalue weighted by Crippen LogP contribution is -2.25. The number of fused-ring (bicyclic) bond motifs is 1. The number of nitrogens with zero attached hydrogens (tertiary/aromatic N) is 1. The van der Waals surface area contributed by atoms with Crippen molar-refractivity contribution in [3.05, 3.63) is 65.2 Å². The van der Waals surface area contributed by atoms with Crippen molar-refractivity contribution in [2.45, 2.75) is 25.7 Å². The van der Waals surface area contributed by atoms with Crippen LogP contribution in [0.1, 0.15) is 27.9 Å². The molecule has 0 aromatic heterocycles. The van der Waals surface area contributed by atoms with Crippen LogP contribution in [-0.2, 0) is 13.0 Å². The molecule has 0 atom stereocenters. The smallest absolute Gasteiger partial charge is 0.406 e. The minimum Gasteiger partial charge on any atom is -0.406 e. The van der Waals surface area contributed by atoms with Crippen LogP contribution in [-0.4, -0.2) is 23.7 Å². The Labute approximate surface area is 137 Å². The third-order valence-electron chi connectivity index (χ3n) is 3.95. The number of hydrogen-bond donors (Lipinski definition) is 0. The van der Waals surface area contributed by atoms with Gasteiger partial charge >= 0.3 is 6.36 Å². The summed E-state index contributed by atoms with van der Waals surface area (Å²) in [7, 11) is 0. The molecule has 0 spiro atoms. The summed E-state index contributed by atoms with van der Waals surface area (Å²) < 4.78 is 40.2. The molecule has 3 rings (SSSR count). The fraction of sp³-hybridized carbons (Fsp3) is 0.278. The van der Waals surface area contributed by atoms with Crippen molar-refractivity contribution in [3.63, 3.8) is 0 Å². The Hall–Kier alpha value is -2.50. The number of aryl methyl sites for hydroxylation is 1. The van der Waals surface area contributed by atoms with E-state index in [9.17, 15) is 18.0 Å². The van der Waals surface area contributed by atoms with Gasteiger partial charge in [-0.2, -0.15) is 0 Å². The van der Waals surface area contributed by atoms with E-state index in [1.54, 1.807) is 17.0 Å². The van der Waals surface area contributed by atoms with E-state index >= 15 is 0 Å². The van der Waals surface area contributed by atoms with Gasteiger partial charge in [-0.1, -0.05) is 30.3 Å². The Balaban J connectivity index is 1.50. The van der Waals surface area contributed by atoms with E-state index in [4.69, 9.17) is 0 Å². The highest BCUT2D eigenvalue weighted by Gasteiger charge is 2.31. The van der Waals surface area contributed by atoms with Crippen molar-refractivity contribution in [2.75, 3.05) is 6.54 Å². The lowest BCUT2D eigenvalue weighted by Gasteiger charge is -2.15. The van der Waals surface area contributed by atoms with Crippen molar-refractivity contribution < 1.29 is 22.7 Å². The van der Waals surface area contributed by atoms with Gasteiger partial charge in [-0.05, 0) is 42.2 Å². The minimum absolute atomic E-state index is 0.0412. The van der Waals surface area contributed by atoms with Crippen LogP contribution in [0.4, 0.5) is 13.2 Å². The maximum absolute atomic E-state index is 12.2. The van der Waals surface area contributed by atoms with Gasteiger partial charge in [0.1, 0.15) is 5.75 Å². The van der Waals surface area contributed by atoms with Gasteiger partial charge in [-0.3, -0.25) is 4.79 Å². The number of rotatable bonds is 5. The predicted molar refractivity (Wildman–Crippen MR) is 82.6 cm³/mol. The first-order valence-electron chi connectivity index (χ1n) is 7.64. The van der Waals surface area contributed by atoms with E-state index in [0.717, 1.165) is 23.1 Å². The second-order valence-corrected chi connectivity index (χ2v) is 5.68. The molecule has 3 nitrogen and oxygen atoms in total. The molecule has 24 heavy (non-hydrogen) atoms. The summed E-state index contributed by atoms with van der Waals surface area (Å²) in [6, 6.07) is 13.4. The third-order valence-corrected chi connectivity index (χ3v) is 3.95. The lowest BCUT2D eigenvalue weighted by molar-refractivity contribution is -0.274. The monoisotopic (exact) mass is 335 g/mol. The standard InChI is InChI=1S/C18H16F3NO2/c19-18(20,21)24-15-9-7-13(8-10-15)4-3-11-22-12-14-5-1-2-6-16(14)17(22)23/h1-2,5-10H,3-4,11-12H2. The summed E-state index contributed by atoms with van der Waals surface area (Å²) >= 11 is 0. The fourth-order valence-corrected chi connectivity index (χ4v) is 2.83. The van der Waals surface area contributed by atoms with Gasteiger partial charge in [0.15, 0.2) is 0 Å². The van der Waals surface area contributed by atoms with Crippen LogP contribution in [0.5, 0.6) is 5.75 Å². The van der Waals surface area contributed by atoms with Gasteiger partial charge in [0.2, 0.25) is 0 Å². The maximum Gasteiger partial charge on any atom is 0.573 e. The third kappa shape index (κ3) is 3.88. The Morgan fingerprint density at radius 1 is 1.04 bits per heavy atom. The molecular formula is C18H16F3NO2. The minimum atomic E-state index is -4.67. The molecule has 0 saturated heterocycles. The molecule has 2 aromatic rings. The van der Waals surface area contributed by atoms with Crippen molar-refractivity contribution in [2.24, 2.45) is 0 Å². The molecule has 1 aliphatic rings. The highest BCUT2D eigenvalue weighted by atomic mass is 19.4. The molecule has 0 saturated carbocycles. The highest BCUT2D eigenvalue weighted by molar-refractivity contribution is 5.98. The second-order valence-electron chi connectivity index (χ2n) is 5.68. The van der Waals surface area contributed by atoms with Gasteiger partial charge in [0.05, 0.1) is 0 Å². The van der Waals surface area contributed by atoms with E-state index in [1.165, 1.54) is 12.1 Å². The fourth-order valence-electron chi connectivity index (χ4n) is 2.83. The molecule has 6 heteroatoms. The van der Waals surface area contributed by atoms with Crippen molar-refractivity contribution in [3.8, 4) is 5.75 Å². The zero-order chi connectivity index (χ0) is 17.2. The maximum atomic E-state index is 12.2. The number of halogens is 3. The molecule has 126 valence electrons. The number of amides is 1. The average molecular weight is 335 g/mol. The van der Waals surface area contributed by atoms with Crippen LogP contribution in [0.2, 0.25) is 0 Å². The molecule has 0 radical (unpaired) electrons. The summed E-state index contributed by atoms with van der Waals surface area (Å²) in [6.45, 7) is 1.24. The predicted octanol–water partition coefficient (Wildman–Crippen LogP) is 4.17. The topological polar surface area (TPSA) is 29.5 Å². The van der Waals surface area contributed by atoms with Crippen LogP contribution < -0.4 is 4.74 Å². The normalized spacial score (nSPS) is 14.0. The number of carbonyl (C=O) groups excluding carboxylic acids is 1. The Morgan fingerprint density at radius 3 is 2.42 bits per heavy atom. The number of carbonyl (C=O) groups is 1. The van der Waals surface area contributed by atoms with Crippen LogP contribution in [0.3, 0.4) is 0 Å². The Bertz CT molecular complexity index is 726. The molecule has 1 amide bonds. The van der Waals surface area contributed by atoms with E-state index < -0.39 is 6.36 Å². The summed E-state index contributed by atoms with van der Waals surface area (Å²) in [5.74, 6) is -0.184. The summed E-state index contributed by atoms with van der Waals surface area (Å²) in [5.41, 5.74) is 2.70. The van der Waals surface area contributed by atoms with E-state index in [0.29, 0.717) is 19.5 Å². The van der Waals surface area contributed by atoms with E-state index in [-0.39, 0.29) is 11.7 Å². The van der Waals surface area contributed by atoms with Gasteiger partial charge in [-0.15, -0.1) is 13.2 Å². The molecule has 2 aromatic carbocycles. The van der Waals surface area contributed by atoms with Crippen molar-refractivity contribution in [1.82, 2.24) is 4.90 Å². The summed E-state index contributed by atoms with van der Waals surface area (Å²) in [4.78, 5) is 14.0. The van der Waals surface area contributed by atoms with Crippen molar-refractivity contribution >= 4 is 5.91 Å². The quantitative estimate of drug-likeness (QED) is 0.821. The number of benzene rings is 2. The number of hydrogen-bond acceptors (Lipinski definition) is 2. The second kappa shape index (κ2) is 6.55. The molecule has 0 unspecified atom stereocenters. The summed E-state index contributed by atoms with van der Waals surface area (Å²) in [6.07, 6.45) is -3.24. The zero-order valence-corrected chi connectivity index (χ0v) is 12.8. The molecule has 1 aliphatic heterocycles. The SMILES string of the molecule is O=C1c2ccccc2CN1CCCc1ccc(OC(F)(F)F)cc1. The van der Waals surface area contributed by atoms with Crippen LogP contribution in [0.25, 0.3) is 0 Å². The molecular weight excluding hydrogens is 319 g/mol. The molecule has 1 heterocycles. The van der Waals surface area contributed by atoms with Gasteiger partial charge < -0.3 is 9.64 Å². The largest absolute Gasteiger partial charge is 0.573 e. The average Bonchev–Trinajstić information content (AvgIpc) is 2.85.